The second-order valence-corrected chi connectivity index (χ2v) is 13.0. The molecule has 1 fully saturated rings. The lowest BCUT2D eigenvalue weighted by atomic mass is 9.92. The standard InChI is InChI=1S/C27H28FN5O3S2/c1-17-13-25(33(31-17)27-29-23-14-18-5-2-3-6-19(18)15-24(23)37-27)30-26(34)20-7-4-12-32(16-20)38(35,36)22-10-8-21(28)9-11-22/h8-11,13-15,20H,2-7,12,16H2,1H3,(H,30,34). The molecular weight excluding hydrogens is 525 g/mol. The van der Waals surface area contributed by atoms with E-state index in [0.717, 1.165) is 40.9 Å². The topological polar surface area (TPSA) is 97.2 Å². The molecule has 0 saturated carbocycles. The summed E-state index contributed by atoms with van der Waals surface area (Å²) >= 11 is 1.54. The molecule has 6 rings (SSSR count). The number of hydrogen-bond acceptors (Lipinski definition) is 6. The molecule has 1 unspecified atom stereocenters. The van der Waals surface area contributed by atoms with E-state index < -0.39 is 21.8 Å². The van der Waals surface area contributed by atoms with Crippen molar-refractivity contribution in [3.63, 3.8) is 0 Å². The molecule has 11 heteroatoms. The van der Waals surface area contributed by atoms with Gasteiger partial charge >= 0.3 is 0 Å². The number of anilines is 1. The number of hydrogen-bond donors (Lipinski definition) is 1. The molecule has 3 heterocycles. The molecule has 2 aromatic carbocycles. The van der Waals surface area contributed by atoms with Crippen LogP contribution in [0.2, 0.25) is 0 Å². The van der Waals surface area contributed by atoms with Gasteiger partial charge in [0.25, 0.3) is 0 Å². The molecule has 1 atom stereocenters. The van der Waals surface area contributed by atoms with E-state index in [4.69, 9.17) is 4.98 Å². The normalized spacial score (nSPS) is 18.4. The van der Waals surface area contributed by atoms with Gasteiger partial charge in [0.2, 0.25) is 21.1 Å². The van der Waals surface area contributed by atoms with Gasteiger partial charge in [-0.15, -0.1) is 0 Å². The Kier molecular flexibility index (Phi) is 6.53. The van der Waals surface area contributed by atoms with Crippen LogP contribution < -0.4 is 5.32 Å². The monoisotopic (exact) mass is 553 g/mol. The van der Waals surface area contributed by atoms with Gasteiger partial charge in [0.15, 0.2) is 0 Å². The summed E-state index contributed by atoms with van der Waals surface area (Å²) in [4.78, 5) is 18.2. The number of piperidine rings is 1. The number of nitrogens with one attached hydrogen (secondary N) is 1. The van der Waals surface area contributed by atoms with Crippen LogP contribution in [-0.4, -0.2) is 46.5 Å². The van der Waals surface area contributed by atoms with E-state index in [0.29, 0.717) is 30.3 Å². The van der Waals surface area contributed by atoms with E-state index in [2.05, 4.69) is 22.5 Å². The van der Waals surface area contributed by atoms with Crippen molar-refractivity contribution < 1.29 is 17.6 Å². The molecular formula is C27H28FN5O3S2. The second-order valence-electron chi connectivity index (χ2n) is 10.0. The number of aryl methyl sites for hydroxylation is 3. The minimum Gasteiger partial charge on any atom is -0.310 e. The van der Waals surface area contributed by atoms with Crippen molar-refractivity contribution in [3.05, 3.63) is 65.1 Å². The number of benzene rings is 2. The summed E-state index contributed by atoms with van der Waals surface area (Å²) in [6.07, 6.45) is 5.71. The fraction of sp³-hybridized carbons (Fsp3) is 0.370. The van der Waals surface area contributed by atoms with Crippen molar-refractivity contribution in [1.82, 2.24) is 19.1 Å². The molecule has 1 amide bonds. The van der Waals surface area contributed by atoms with E-state index in [1.165, 1.54) is 51.7 Å². The smallest absolute Gasteiger partial charge is 0.243 e. The maximum Gasteiger partial charge on any atom is 0.243 e. The lowest BCUT2D eigenvalue weighted by Crippen LogP contribution is -2.43. The first-order valence-electron chi connectivity index (χ1n) is 12.8. The second kappa shape index (κ2) is 9.87. The van der Waals surface area contributed by atoms with Crippen molar-refractivity contribution in [2.75, 3.05) is 18.4 Å². The molecule has 38 heavy (non-hydrogen) atoms. The van der Waals surface area contributed by atoms with Crippen LogP contribution in [0.25, 0.3) is 15.3 Å². The van der Waals surface area contributed by atoms with E-state index in [1.807, 2.05) is 6.92 Å². The Morgan fingerprint density at radius 2 is 1.82 bits per heavy atom. The Balaban J connectivity index is 1.22. The number of rotatable bonds is 5. The van der Waals surface area contributed by atoms with Gasteiger partial charge in [0.05, 0.1) is 26.7 Å². The first-order valence-corrected chi connectivity index (χ1v) is 15.1. The van der Waals surface area contributed by atoms with Crippen molar-refractivity contribution in [1.29, 1.82) is 0 Å². The number of amides is 1. The third-order valence-electron chi connectivity index (χ3n) is 7.31. The van der Waals surface area contributed by atoms with Crippen LogP contribution in [0.1, 0.15) is 42.5 Å². The van der Waals surface area contributed by atoms with Crippen molar-refractivity contribution in [2.45, 2.75) is 50.3 Å². The zero-order valence-electron chi connectivity index (χ0n) is 21.0. The Labute approximate surface area is 224 Å². The minimum atomic E-state index is -3.83. The molecule has 1 saturated heterocycles. The summed E-state index contributed by atoms with van der Waals surface area (Å²) in [5.74, 6) is -0.777. The number of nitrogens with zero attached hydrogens (tertiary/aromatic N) is 4. The van der Waals surface area contributed by atoms with Gasteiger partial charge in [-0.2, -0.15) is 14.1 Å². The number of thiazole rings is 1. The van der Waals surface area contributed by atoms with Gasteiger partial charge in [-0.3, -0.25) is 4.79 Å². The van der Waals surface area contributed by atoms with Crippen LogP contribution in [0.4, 0.5) is 10.2 Å². The van der Waals surface area contributed by atoms with E-state index in [-0.39, 0.29) is 17.3 Å². The van der Waals surface area contributed by atoms with Gasteiger partial charge in [-0.1, -0.05) is 11.3 Å². The lowest BCUT2D eigenvalue weighted by molar-refractivity contribution is -0.120. The van der Waals surface area contributed by atoms with Crippen LogP contribution in [0.15, 0.2) is 47.4 Å². The predicted molar refractivity (Wildman–Crippen MR) is 145 cm³/mol. The highest BCUT2D eigenvalue weighted by molar-refractivity contribution is 7.89. The van der Waals surface area contributed by atoms with Crippen LogP contribution in [0.5, 0.6) is 0 Å². The Morgan fingerprint density at radius 3 is 2.58 bits per heavy atom. The fourth-order valence-electron chi connectivity index (χ4n) is 5.33. The summed E-state index contributed by atoms with van der Waals surface area (Å²) < 4.78 is 43.6. The molecule has 1 aliphatic heterocycles. The molecule has 0 radical (unpaired) electrons. The zero-order chi connectivity index (χ0) is 26.4. The van der Waals surface area contributed by atoms with Gasteiger partial charge in [0, 0.05) is 19.2 Å². The molecule has 1 N–H and O–H groups in total. The van der Waals surface area contributed by atoms with Gasteiger partial charge in [0.1, 0.15) is 11.6 Å². The van der Waals surface area contributed by atoms with Gasteiger partial charge in [-0.05, 0) is 93.0 Å². The van der Waals surface area contributed by atoms with Crippen molar-refractivity contribution in [2.24, 2.45) is 5.92 Å². The molecule has 0 bridgehead atoms. The van der Waals surface area contributed by atoms with Crippen LogP contribution in [0, 0.1) is 18.7 Å². The van der Waals surface area contributed by atoms with E-state index in [1.54, 1.807) is 10.7 Å². The number of sulfonamides is 1. The number of aromatic nitrogens is 3. The Bertz CT molecular complexity index is 1590. The van der Waals surface area contributed by atoms with Crippen LogP contribution >= 0.6 is 11.3 Å². The third-order valence-corrected chi connectivity index (χ3v) is 10.2. The summed E-state index contributed by atoms with van der Waals surface area (Å²) in [7, 11) is -3.83. The Morgan fingerprint density at radius 1 is 1.08 bits per heavy atom. The first-order chi connectivity index (χ1) is 18.3. The van der Waals surface area contributed by atoms with Crippen LogP contribution in [0.3, 0.4) is 0 Å². The maximum atomic E-state index is 13.3. The van der Waals surface area contributed by atoms with Gasteiger partial charge in [-0.25, -0.2) is 17.8 Å². The molecule has 2 aliphatic rings. The summed E-state index contributed by atoms with van der Waals surface area (Å²) in [6, 6.07) is 11.0. The quantitative estimate of drug-likeness (QED) is 0.381. The summed E-state index contributed by atoms with van der Waals surface area (Å²) in [5, 5.41) is 8.24. The number of halogens is 1. The zero-order valence-corrected chi connectivity index (χ0v) is 22.6. The summed E-state index contributed by atoms with van der Waals surface area (Å²) in [5.41, 5.74) is 4.43. The average Bonchev–Trinajstić information content (AvgIpc) is 3.49. The molecule has 2 aromatic heterocycles. The van der Waals surface area contributed by atoms with Crippen molar-refractivity contribution in [3.8, 4) is 5.13 Å². The SMILES string of the molecule is Cc1cc(NC(=O)C2CCCN(S(=O)(=O)c3ccc(F)cc3)C2)n(-c2nc3cc4c(cc3s2)CCCC4)n1. The van der Waals surface area contributed by atoms with Crippen molar-refractivity contribution >= 4 is 43.3 Å². The maximum absolute atomic E-state index is 13.3. The molecule has 8 nitrogen and oxygen atoms in total. The largest absolute Gasteiger partial charge is 0.310 e. The predicted octanol–water partition coefficient (Wildman–Crippen LogP) is 4.85. The minimum absolute atomic E-state index is 0.0196. The highest BCUT2D eigenvalue weighted by Crippen LogP contribution is 2.33. The average molecular weight is 554 g/mol. The molecule has 4 aromatic rings. The molecule has 198 valence electrons. The van der Waals surface area contributed by atoms with E-state index >= 15 is 0 Å². The lowest BCUT2D eigenvalue weighted by Gasteiger charge is -2.31. The Hall–Kier alpha value is -3.15. The van der Waals surface area contributed by atoms with Crippen LogP contribution in [-0.2, 0) is 27.7 Å². The van der Waals surface area contributed by atoms with Gasteiger partial charge < -0.3 is 5.32 Å². The highest BCUT2D eigenvalue weighted by Gasteiger charge is 2.34. The first kappa shape index (κ1) is 25.1. The fourth-order valence-corrected chi connectivity index (χ4v) is 7.83. The number of carbonyl (C=O) groups excluding carboxylic acids is 1. The third kappa shape index (κ3) is 4.74. The molecule has 1 aliphatic carbocycles. The highest BCUT2D eigenvalue weighted by atomic mass is 32.2. The number of fused-ring (bicyclic) bond motifs is 2. The van der Waals surface area contributed by atoms with E-state index in [9.17, 15) is 17.6 Å². The summed E-state index contributed by atoms with van der Waals surface area (Å²) in [6.45, 7) is 2.23. The molecule has 0 spiro atoms. The number of carbonyl (C=O) groups is 1.